The maximum absolute atomic E-state index is 9.47. The van der Waals surface area contributed by atoms with Crippen LogP contribution in [0.2, 0.25) is 0 Å². The molecule has 2 aromatic rings. The molecule has 0 saturated carbocycles. The highest BCUT2D eigenvalue weighted by molar-refractivity contribution is 5.88. The maximum atomic E-state index is 9.47. The van der Waals surface area contributed by atoms with Crippen LogP contribution in [0.1, 0.15) is 11.1 Å². The minimum atomic E-state index is -0.649. The van der Waals surface area contributed by atoms with E-state index in [1.54, 1.807) is 6.20 Å². The quantitative estimate of drug-likeness (QED) is 0.859. The van der Waals surface area contributed by atoms with Gasteiger partial charge in [0.25, 0.3) is 0 Å². The van der Waals surface area contributed by atoms with Crippen molar-refractivity contribution < 1.29 is 9.84 Å². The summed E-state index contributed by atoms with van der Waals surface area (Å²) in [5, 5.41) is 10.5. The second-order valence-electron chi connectivity index (χ2n) is 4.44. The predicted molar refractivity (Wildman–Crippen MR) is 71.8 cm³/mol. The molecule has 0 aliphatic rings. The van der Waals surface area contributed by atoms with E-state index in [9.17, 15) is 5.11 Å². The highest BCUT2D eigenvalue weighted by atomic mass is 16.5. The van der Waals surface area contributed by atoms with E-state index in [1.807, 2.05) is 19.1 Å². The van der Waals surface area contributed by atoms with Crippen LogP contribution in [0.5, 0.6) is 5.75 Å². The van der Waals surface area contributed by atoms with E-state index in [4.69, 9.17) is 10.5 Å². The van der Waals surface area contributed by atoms with Crippen LogP contribution in [0.4, 0.5) is 0 Å². The number of benzene rings is 1. The van der Waals surface area contributed by atoms with E-state index in [-0.39, 0.29) is 13.2 Å². The lowest BCUT2D eigenvalue weighted by atomic mass is 10.1. The van der Waals surface area contributed by atoms with Gasteiger partial charge >= 0.3 is 0 Å². The first-order valence-electron chi connectivity index (χ1n) is 5.99. The highest BCUT2D eigenvalue weighted by Gasteiger charge is 2.11. The number of aliphatic hydroxyl groups is 1. The van der Waals surface area contributed by atoms with Gasteiger partial charge in [-0.3, -0.25) is 4.98 Å². The van der Waals surface area contributed by atoms with Crippen molar-refractivity contribution >= 4 is 10.9 Å². The molecule has 1 atom stereocenters. The number of pyridine rings is 1. The van der Waals surface area contributed by atoms with Crippen molar-refractivity contribution in [1.82, 2.24) is 4.98 Å². The summed E-state index contributed by atoms with van der Waals surface area (Å²) < 4.78 is 5.67. The highest BCUT2D eigenvalue weighted by Crippen LogP contribution is 2.30. The third kappa shape index (κ3) is 2.44. The minimum Gasteiger partial charge on any atom is -0.488 e. The molecule has 96 valence electrons. The average Bonchev–Trinajstić information content (AvgIpc) is 2.38. The van der Waals surface area contributed by atoms with Gasteiger partial charge in [-0.25, -0.2) is 0 Å². The van der Waals surface area contributed by atoms with Crippen LogP contribution in [-0.4, -0.2) is 29.3 Å². The number of nitrogens with two attached hydrogens (primary N) is 1. The fourth-order valence-corrected chi connectivity index (χ4v) is 1.99. The van der Waals surface area contributed by atoms with E-state index in [2.05, 4.69) is 18.0 Å². The van der Waals surface area contributed by atoms with Crippen molar-refractivity contribution in [3.8, 4) is 5.75 Å². The average molecular weight is 246 g/mol. The number of ether oxygens (including phenoxy) is 1. The summed E-state index contributed by atoms with van der Waals surface area (Å²) >= 11 is 0. The number of hydrogen-bond donors (Lipinski definition) is 2. The second kappa shape index (κ2) is 5.33. The third-order valence-electron chi connectivity index (χ3n) is 2.93. The Balaban J connectivity index is 2.43. The van der Waals surface area contributed by atoms with Crippen LogP contribution in [0.15, 0.2) is 24.4 Å². The maximum Gasteiger partial charge on any atom is 0.148 e. The number of aliphatic hydroxyl groups excluding tert-OH is 1. The number of aromatic nitrogens is 1. The van der Waals surface area contributed by atoms with Crippen LogP contribution in [0, 0.1) is 13.8 Å². The molecule has 18 heavy (non-hydrogen) atoms. The molecule has 0 fully saturated rings. The van der Waals surface area contributed by atoms with Gasteiger partial charge in [0.05, 0.1) is 0 Å². The monoisotopic (exact) mass is 246 g/mol. The Morgan fingerprint density at radius 2 is 2.17 bits per heavy atom. The number of nitrogens with zero attached hydrogens (tertiary/aromatic N) is 1. The molecule has 1 unspecified atom stereocenters. The SMILES string of the molecule is Cc1cc(C)c2cccnc2c1OCC(O)CN. The van der Waals surface area contributed by atoms with Gasteiger partial charge in [-0.15, -0.1) is 0 Å². The molecule has 0 bridgehead atoms. The molecule has 0 aliphatic carbocycles. The molecule has 1 aromatic carbocycles. The fraction of sp³-hybridized carbons (Fsp3) is 0.357. The summed E-state index contributed by atoms with van der Waals surface area (Å²) in [6.07, 6.45) is 1.09. The zero-order chi connectivity index (χ0) is 13.1. The van der Waals surface area contributed by atoms with Crippen molar-refractivity contribution in [2.24, 2.45) is 5.73 Å². The number of hydrogen-bond acceptors (Lipinski definition) is 4. The van der Waals surface area contributed by atoms with Gasteiger partial charge in [-0.1, -0.05) is 12.1 Å². The summed E-state index contributed by atoms with van der Waals surface area (Å²) in [7, 11) is 0. The second-order valence-corrected chi connectivity index (χ2v) is 4.44. The smallest absolute Gasteiger partial charge is 0.148 e. The number of fused-ring (bicyclic) bond motifs is 1. The first-order valence-corrected chi connectivity index (χ1v) is 5.99. The lowest BCUT2D eigenvalue weighted by Crippen LogP contribution is -2.26. The van der Waals surface area contributed by atoms with Gasteiger partial charge in [0.2, 0.25) is 0 Å². The summed E-state index contributed by atoms with van der Waals surface area (Å²) in [6.45, 7) is 4.41. The molecule has 0 aliphatic heterocycles. The number of aryl methyl sites for hydroxylation is 2. The van der Waals surface area contributed by atoms with Gasteiger partial charge in [-0.05, 0) is 31.0 Å². The van der Waals surface area contributed by atoms with E-state index in [0.717, 1.165) is 22.2 Å². The van der Waals surface area contributed by atoms with Crippen LogP contribution < -0.4 is 10.5 Å². The van der Waals surface area contributed by atoms with Crippen molar-refractivity contribution in [2.75, 3.05) is 13.2 Å². The van der Waals surface area contributed by atoms with Crippen molar-refractivity contribution in [3.05, 3.63) is 35.5 Å². The van der Waals surface area contributed by atoms with E-state index in [0.29, 0.717) is 0 Å². The first-order chi connectivity index (χ1) is 8.63. The Kier molecular flexibility index (Phi) is 3.79. The molecule has 2 rings (SSSR count). The lowest BCUT2D eigenvalue weighted by molar-refractivity contribution is 0.114. The molecule has 4 heteroatoms. The summed E-state index contributed by atoms with van der Waals surface area (Å²) in [5.41, 5.74) is 8.38. The zero-order valence-corrected chi connectivity index (χ0v) is 10.7. The van der Waals surface area contributed by atoms with Gasteiger partial charge < -0.3 is 15.6 Å². The van der Waals surface area contributed by atoms with Gasteiger partial charge in [-0.2, -0.15) is 0 Å². The molecule has 1 heterocycles. The molecule has 0 spiro atoms. The van der Waals surface area contributed by atoms with E-state index in [1.165, 1.54) is 5.56 Å². The number of rotatable bonds is 4. The van der Waals surface area contributed by atoms with Crippen LogP contribution >= 0.6 is 0 Å². The molecule has 4 nitrogen and oxygen atoms in total. The summed E-state index contributed by atoms with van der Waals surface area (Å²) in [6, 6.07) is 5.99. The Bertz CT molecular complexity index is 555. The molecule has 3 N–H and O–H groups in total. The summed E-state index contributed by atoms with van der Waals surface area (Å²) in [5.74, 6) is 0.726. The standard InChI is InChI=1S/C14H18N2O2/c1-9-6-10(2)14(18-8-11(17)7-15)13-12(9)4-3-5-16-13/h3-6,11,17H,7-8,15H2,1-2H3. The Morgan fingerprint density at radius 3 is 2.89 bits per heavy atom. The van der Waals surface area contributed by atoms with Gasteiger partial charge in [0.1, 0.15) is 24.0 Å². The van der Waals surface area contributed by atoms with Crippen molar-refractivity contribution in [3.63, 3.8) is 0 Å². The van der Waals surface area contributed by atoms with Crippen LogP contribution in [0.3, 0.4) is 0 Å². The normalized spacial score (nSPS) is 12.7. The molecule has 0 radical (unpaired) electrons. The van der Waals surface area contributed by atoms with Crippen LogP contribution in [-0.2, 0) is 0 Å². The van der Waals surface area contributed by atoms with Crippen molar-refractivity contribution in [2.45, 2.75) is 20.0 Å². The first kappa shape index (κ1) is 12.8. The Hall–Kier alpha value is -1.65. The Morgan fingerprint density at radius 1 is 1.39 bits per heavy atom. The predicted octanol–water partition coefficient (Wildman–Crippen LogP) is 1.55. The lowest BCUT2D eigenvalue weighted by Gasteiger charge is -2.15. The molecule has 0 amide bonds. The van der Waals surface area contributed by atoms with E-state index < -0.39 is 6.10 Å². The minimum absolute atomic E-state index is 0.187. The fourth-order valence-electron chi connectivity index (χ4n) is 1.99. The molecular weight excluding hydrogens is 228 g/mol. The Labute approximate surface area is 106 Å². The zero-order valence-electron chi connectivity index (χ0n) is 10.7. The largest absolute Gasteiger partial charge is 0.488 e. The van der Waals surface area contributed by atoms with Crippen LogP contribution in [0.25, 0.3) is 10.9 Å². The molecule has 0 saturated heterocycles. The topological polar surface area (TPSA) is 68.4 Å². The third-order valence-corrected chi connectivity index (χ3v) is 2.93. The van der Waals surface area contributed by atoms with Gasteiger partial charge in [0, 0.05) is 18.1 Å². The molecular formula is C14H18N2O2. The molecule has 1 aromatic heterocycles. The van der Waals surface area contributed by atoms with Crippen molar-refractivity contribution in [1.29, 1.82) is 0 Å². The van der Waals surface area contributed by atoms with Gasteiger partial charge in [0.15, 0.2) is 0 Å². The summed E-state index contributed by atoms with van der Waals surface area (Å²) in [4.78, 5) is 4.37. The van der Waals surface area contributed by atoms with E-state index >= 15 is 0 Å².